The summed E-state index contributed by atoms with van der Waals surface area (Å²) in [5.41, 5.74) is 2.25. The van der Waals surface area contributed by atoms with Crippen LogP contribution in [0.2, 0.25) is 10.0 Å². The molecule has 4 heteroatoms. The van der Waals surface area contributed by atoms with Gasteiger partial charge in [-0.1, -0.05) is 49.2 Å². The molecule has 0 aromatic heterocycles. The van der Waals surface area contributed by atoms with Crippen molar-refractivity contribution in [1.29, 1.82) is 0 Å². The Hall–Kier alpha value is -1.09. The molecule has 106 valence electrons. The monoisotopic (exact) mass is 311 g/mol. The van der Waals surface area contributed by atoms with Crippen molar-refractivity contribution in [2.45, 2.75) is 26.4 Å². The highest BCUT2D eigenvalue weighted by Gasteiger charge is 2.08. The van der Waals surface area contributed by atoms with Crippen molar-refractivity contribution in [3.63, 3.8) is 0 Å². The fourth-order valence-electron chi connectivity index (χ4n) is 1.90. The van der Waals surface area contributed by atoms with Gasteiger partial charge in [0, 0.05) is 28.2 Å². The lowest BCUT2D eigenvalue weighted by Crippen LogP contribution is -2.21. The van der Waals surface area contributed by atoms with Crippen molar-refractivity contribution < 1.29 is 4.39 Å². The molecule has 0 heterocycles. The van der Waals surface area contributed by atoms with Gasteiger partial charge in [0.05, 0.1) is 0 Å². The van der Waals surface area contributed by atoms with Crippen LogP contribution >= 0.6 is 23.2 Å². The van der Waals surface area contributed by atoms with Crippen LogP contribution < -0.4 is 5.32 Å². The molecule has 0 saturated heterocycles. The van der Waals surface area contributed by atoms with E-state index in [1.54, 1.807) is 18.2 Å². The zero-order chi connectivity index (χ0) is 14.7. The molecule has 2 aromatic rings. The van der Waals surface area contributed by atoms with E-state index in [2.05, 4.69) is 19.2 Å². The third-order valence-corrected chi connectivity index (χ3v) is 3.58. The van der Waals surface area contributed by atoms with E-state index >= 15 is 0 Å². The Balaban J connectivity index is 2.28. The SMILES string of the molecule is CC(C)NCc1ccc(-c2ccc(Cl)cc2F)cc1Cl. The second-order valence-electron chi connectivity index (χ2n) is 4.97. The van der Waals surface area contributed by atoms with Gasteiger partial charge in [0.1, 0.15) is 5.82 Å². The van der Waals surface area contributed by atoms with Crippen LogP contribution in [0.3, 0.4) is 0 Å². The van der Waals surface area contributed by atoms with Gasteiger partial charge in [0.15, 0.2) is 0 Å². The first-order valence-electron chi connectivity index (χ1n) is 6.44. The van der Waals surface area contributed by atoms with E-state index in [1.165, 1.54) is 6.07 Å². The standard InChI is InChI=1S/C16H16Cl2FN/c1-10(2)20-9-12-4-3-11(7-15(12)18)14-6-5-13(17)8-16(14)19/h3-8,10,20H,9H2,1-2H3. The Kier molecular flexibility index (Phi) is 5.03. The quantitative estimate of drug-likeness (QED) is 0.808. The predicted octanol–water partition coefficient (Wildman–Crippen LogP) is 5.30. The fourth-order valence-corrected chi connectivity index (χ4v) is 2.30. The third-order valence-electron chi connectivity index (χ3n) is 3.00. The summed E-state index contributed by atoms with van der Waals surface area (Å²) in [7, 11) is 0. The van der Waals surface area contributed by atoms with Gasteiger partial charge in [-0.25, -0.2) is 4.39 Å². The zero-order valence-electron chi connectivity index (χ0n) is 11.4. The number of nitrogens with one attached hydrogen (secondary N) is 1. The van der Waals surface area contributed by atoms with E-state index < -0.39 is 0 Å². The number of benzene rings is 2. The van der Waals surface area contributed by atoms with Gasteiger partial charge in [-0.3, -0.25) is 0 Å². The molecule has 0 fully saturated rings. The van der Waals surface area contributed by atoms with Crippen molar-refractivity contribution in [2.75, 3.05) is 0 Å². The minimum Gasteiger partial charge on any atom is -0.310 e. The number of hydrogen-bond acceptors (Lipinski definition) is 1. The maximum absolute atomic E-state index is 13.9. The normalized spacial score (nSPS) is 11.1. The molecule has 2 aromatic carbocycles. The molecule has 0 radical (unpaired) electrons. The average Bonchev–Trinajstić information content (AvgIpc) is 2.37. The first-order valence-corrected chi connectivity index (χ1v) is 7.20. The second kappa shape index (κ2) is 6.57. The second-order valence-corrected chi connectivity index (χ2v) is 5.81. The van der Waals surface area contributed by atoms with Crippen molar-refractivity contribution in [2.24, 2.45) is 0 Å². The molecule has 0 amide bonds. The van der Waals surface area contributed by atoms with Crippen molar-refractivity contribution in [3.8, 4) is 11.1 Å². The summed E-state index contributed by atoms with van der Waals surface area (Å²) in [5, 5.41) is 4.32. The molecule has 0 saturated carbocycles. The summed E-state index contributed by atoms with van der Waals surface area (Å²) in [5.74, 6) is -0.346. The highest BCUT2D eigenvalue weighted by atomic mass is 35.5. The van der Waals surface area contributed by atoms with E-state index in [0.717, 1.165) is 11.1 Å². The van der Waals surface area contributed by atoms with Crippen molar-refractivity contribution in [1.82, 2.24) is 5.32 Å². The lowest BCUT2D eigenvalue weighted by molar-refractivity contribution is 0.589. The zero-order valence-corrected chi connectivity index (χ0v) is 12.9. The van der Waals surface area contributed by atoms with Crippen LogP contribution in [-0.2, 0) is 6.54 Å². The molecule has 20 heavy (non-hydrogen) atoms. The Morgan fingerprint density at radius 3 is 2.45 bits per heavy atom. The van der Waals surface area contributed by atoms with Crippen LogP contribution in [0.25, 0.3) is 11.1 Å². The first-order chi connectivity index (χ1) is 9.47. The highest BCUT2D eigenvalue weighted by molar-refractivity contribution is 6.31. The Labute approximate surface area is 128 Å². The molecule has 1 N–H and O–H groups in total. The third kappa shape index (κ3) is 3.72. The van der Waals surface area contributed by atoms with Gasteiger partial charge in [-0.05, 0) is 35.4 Å². The molecular formula is C16H16Cl2FN. The molecule has 1 nitrogen and oxygen atoms in total. The Morgan fingerprint density at radius 1 is 1.10 bits per heavy atom. The van der Waals surface area contributed by atoms with Crippen LogP contribution in [0.15, 0.2) is 36.4 Å². The van der Waals surface area contributed by atoms with E-state index in [9.17, 15) is 4.39 Å². The molecular weight excluding hydrogens is 296 g/mol. The molecule has 0 spiro atoms. The summed E-state index contributed by atoms with van der Waals surface area (Å²) in [6.45, 7) is 4.84. The maximum Gasteiger partial charge on any atom is 0.132 e. The molecule has 0 aliphatic rings. The van der Waals surface area contributed by atoms with Crippen LogP contribution in [0, 0.1) is 5.82 Å². The van der Waals surface area contributed by atoms with Crippen LogP contribution in [0.5, 0.6) is 0 Å². The van der Waals surface area contributed by atoms with Gasteiger partial charge < -0.3 is 5.32 Å². The van der Waals surface area contributed by atoms with Gasteiger partial charge >= 0.3 is 0 Å². The Morgan fingerprint density at radius 2 is 1.85 bits per heavy atom. The average molecular weight is 312 g/mol. The predicted molar refractivity (Wildman–Crippen MR) is 83.8 cm³/mol. The summed E-state index contributed by atoms with van der Waals surface area (Å²) < 4.78 is 13.9. The fraction of sp³-hybridized carbons (Fsp3) is 0.250. The van der Waals surface area contributed by atoms with Gasteiger partial charge in [0.25, 0.3) is 0 Å². The summed E-state index contributed by atoms with van der Waals surface area (Å²) in [6, 6.07) is 10.6. The van der Waals surface area contributed by atoms with Crippen molar-refractivity contribution >= 4 is 23.2 Å². The highest BCUT2D eigenvalue weighted by Crippen LogP contribution is 2.29. The smallest absolute Gasteiger partial charge is 0.132 e. The number of halogens is 3. The Bertz CT molecular complexity index is 611. The minimum atomic E-state index is -0.346. The molecule has 0 aliphatic carbocycles. The van der Waals surface area contributed by atoms with Crippen LogP contribution in [0.4, 0.5) is 4.39 Å². The minimum absolute atomic E-state index is 0.346. The summed E-state index contributed by atoms with van der Waals surface area (Å²) in [4.78, 5) is 0. The number of rotatable bonds is 4. The topological polar surface area (TPSA) is 12.0 Å². The van der Waals surface area contributed by atoms with E-state index in [0.29, 0.717) is 28.2 Å². The van der Waals surface area contributed by atoms with E-state index in [-0.39, 0.29) is 5.82 Å². The largest absolute Gasteiger partial charge is 0.310 e. The molecule has 0 bridgehead atoms. The van der Waals surface area contributed by atoms with Crippen molar-refractivity contribution in [3.05, 3.63) is 57.8 Å². The van der Waals surface area contributed by atoms with E-state index in [4.69, 9.17) is 23.2 Å². The maximum atomic E-state index is 13.9. The first kappa shape index (κ1) is 15.3. The molecule has 2 rings (SSSR count). The van der Waals surface area contributed by atoms with E-state index in [1.807, 2.05) is 12.1 Å². The molecule has 0 atom stereocenters. The van der Waals surface area contributed by atoms with Crippen LogP contribution in [-0.4, -0.2) is 6.04 Å². The lowest BCUT2D eigenvalue weighted by Gasteiger charge is -2.11. The van der Waals surface area contributed by atoms with Gasteiger partial charge in [-0.15, -0.1) is 0 Å². The van der Waals surface area contributed by atoms with Gasteiger partial charge in [0.2, 0.25) is 0 Å². The molecule has 0 aliphatic heterocycles. The summed E-state index contributed by atoms with van der Waals surface area (Å²) >= 11 is 12.0. The van der Waals surface area contributed by atoms with Gasteiger partial charge in [-0.2, -0.15) is 0 Å². The molecule has 0 unspecified atom stereocenters. The van der Waals surface area contributed by atoms with Crippen LogP contribution in [0.1, 0.15) is 19.4 Å². The number of hydrogen-bond donors (Lipinski definition) is 1. The summed E-state index contributed by atoms with van der Waals surface area (Å²) in [6.07, 6.45) is 0. The lowest BCUT2D eigenvalue weighted by atomic mass is 10.0.